The Morgan fingerprint density at radius 2 is 2.14 bits per heavy atom. The summed E-state index contributed by atoms with van der Waals surface area (Å²) in [4.78, 5) is 0. The van der Waals surface area contributed by atoms with Crippen LogP contribution in [-0.2, 0) is 0 Å². The van der Waals surface area contributed by atoms with E-state index in [4.69, 9.17) is 10.5 Å². The molecular formula is C10H17N3O. The molecule has 78 valence electrons. The molecule has 2 N–H and O–H groups in total. The van der Waals surface area contributed by atoms with Gasteiger partial charge in [0.1, 0.15) is 6.61 Å². The second kappa shape index (κ2) is 4.91. The van der Waals surface area contributed by atoms with Crippen molar-refractivity contribution in [3.05, 3.63) is 18.3 Å². The van der Waals surface area contributed by atoms with Gasteiger partial charge in [-0.2, -0.15) is 5.10 Å². The van der Waals surface area contributed by atoms with Gasteiger partial charge in [0.05, 0.1) is 0 Å². The maximum absolute atomic E-state index is 6.07. The Balaban J connectivity index is 2.48. The molecule has 0 aliphatic heterocycles. The van der Waals surface area contributed by atoms with Gasteiger partial charge in [-0.15, -0.1) is 5.10 Å². The van der Waals surface area contributed by atoms with Gasteiger partial charge in [0.2, 0.25) is 5.88 Å². The average Bonchev–Trinajstić information content (AvgIpc) is 2.27. The molecular weight excluding hydrogens is 178 g/mol. The summed E-state index contributed by atoms with van der Waals surface area (Å²) in [6.07, 6.45) is 3.40. The SMILES string of the molecule is CCC(N)(CC)COc1cccnn1. The molecule has 0 saturated heterocycles. The van der Waals surface area contributed by atoms with E-state index in [1.165, 1.54) is 0 Å². The number of hydrogen-bond acceptors (Lipinski definition) is 4. The summed E-state index contributed by atoms with van der Waals surface area (Å²) < 4.78 is 5.45. The van der Waals surface area contributed by atoms with Crippen LogP contribution in [0.5, 0.6) is 5.88 Å². The van der Waals surface area contributed by atoms with Crippen molar-refractivity contribution >= 4 is 0 Å². The van der Waals surface area contributed by atoms with E-state index in [1.54, 1.807) is 18.3 Å². The topological polar surface area (TPSA) is 61.0 Å². The van der Waals surface area contributed by atoms with Crippen LogP contribution in [0, 0.1) is 0 Å². The van der Waals surface area contributed by atoms with E-state index >= 15 is 0 Å². The second-order valence-corrected chi connectivity index (χ2v) is 3.42. The number of aromatic nitrogens is 2. The molecule has 1 heterocycles. The fourth-order valence-corrected chi connectivity index (χ4v) is 1.04. The highest BCUT2D eigenvalue weighted by Crippen LogP contribution is 2.13. The molecule has 0 unspecified atom stereocenters. The summed E-state index contributed by atoms with van der Waals surface area (Å²) in [6, 6.07) is 3.57. The van der Waals surface area contributed by atoms with E-state index in [-0.39, 0.29) is 5.54 Å². The van der Waals surface area contributed by atoms with Gasteiger partial charge in [0.15, 0.2) is 0 Å². The zero-order chi connectivity index (χ0) is 10.4. The smallest absolute Gasteiger partial charge is 0.233 e. The van der Waals surface area contributed by atoms with Gasteiger partial charge in [0, 0.05) is 17.8 Å². The first-order valence-corrected chi connectivity index (χ1v) is 4.89. The maximum atomic E-state index is 6.07. The predicted molar refractivity (Wildman–Crippen MR) is 55.0 cm³/mol. The quantitative estimate of drug-likeness (QED) is 0.771. The van der Waals surface area contributed by atoms with E-state index in [0.29, 0.717) is 12.5 Å². The van der Waals surface area contributed by atoms with Crippen LogP contribution in [0.15, 0.2) is 18.3 Å². The van der Waals surface area contributed by atoms with Gasteiger partial charge in [-0.1, -0.05) is 13.8 Å². The van der Waals surface area contributed by atoms with Crippen molar-refractivity contribution in [2.24, 2.45) is 5.73 Å². The lowest BCUT2D eigenvalue weighted by Crippen LogP contribution is -2.44. The monoisotopic (exact) mass is 195 g/mol. The second-order valence-electron chi connectivity index (χ2n) is 3.42. The Morgan fingerprint density at radius 1 is 1.43 bits per heavy atom. The summed E-state index contributed by atoms with van der Waals surface area (Å²) in [5.74, 6) is 0.532. The zero-order valence-electron chi connectivity index (χ0n) is 8.73. The average molecular weight is 195 g/mol. The Labute approximate surface area is 84.5 Å². The third-order valence-corrected chi connectivity index (χ3v) is 2.46. The molecule has 4 nitrogen and oxygen atoms in total. The fourth-order valence-electron chi connectivity index (χ4n) is 1.04. The molecule has 0 atom stereocenters. The highest BCUT2D eigenvalue weighted by Gasteiger charge is 2.21. The van der Waals surface area contributed by atoms with E-state index in [9.17, 15) is 0 Å². The largest absolute Gasteiger partial charge is 0.475 e. The third kappa shape index (κ3) is 2.96. The van der Waals surface area contributed by atoms with Gasteiger partial charge in [-0.25, -0.2) is 0 Å². The van der Waals surface area contributed by atoms with E-state index < -0.39 is 0 Å². The van der Waals surface area contributed by atoms with Crippen molar-refractivity contribution in [3.8, 4) is 5.88 Å². The first kappa shape index (κ1) is 10.9. The molecule has 1 aromatic rings. The number of hydrogen-bond donors (Lipinski definition) is 1. The molecule has 0 fully saturated rings. The van der Waals surface area contributed by atoms with Gasteiger partial charge in [0.25, 0.3) is 0 Å². The summed E-state index contributed by atoms with van der Waals surface area (Å²) in [5.41, 5.74) is 5.82. The Hall–Kier alpha value is -1.16. The molecule has 1 rings (SSSR count). The molecule has 1 aromatic heterocycles. The summed E-state index contributed by atoms with van der Waals surface area (Å²) in [7, 11) is 0. The van der Waals surface area contributed by atoms with Gasteiger partial charge >= 0.3 is 0 Å². The van der Waals surface area contributed by atoms with Crippen molar-refractivity contribution in [1.82, 2.24) is 10.2 Å². The molecule has 0 spiro atoms. The maximum Gasteiger partial charge on any atom is 0.233 e. The normalized spacial score (nSPS) is 11.4. The van der Waals surface area contributed by atoms with E-state index in [0.717, 1.165) is 12.8 Å². The summed E-state index contributed by atoms with van der Waals surface area (Å²) in [6.45, 7) is 4.60. The molecule has 0 amide bonds. The zero-order valence-corrected chi connectivity index (χ0v) is 8.73. The minimum Gasteiger partial charge on any atom is -0.475 e. The minimum atomic E-state index is -0.252. The Morgan fingerprint density at radius 3 is 2.64 bits per heavy atom. The number of nitrogens with two attached hydrogens (primary N) is 1. The molecule has 0 saturated carbocycles. The highest BCUT2D eigenvalue weighted by molar-refractivity contribution is 5.05. The van der Waals surface area contributed by atoms with Crippen LogP contribution in [0.4, 0.5) is 0 Å². The molecule has 0 aliphatic rings. The van der Waals surface area contributed by atoms with Crippen LogP contribution < -0.4 is 10.5 Å². The molecule has 4 heteroatoms. The van der Waals surface area contributed by atoms with Crippen molar-refractivity contribution < 1.29 is 4.74 Å². The highest BCUT2D eigenvalue weighted by atomic mass is 16.5. The molecule has 0 aliphatic carbocycles. The van der Waals surface area contributed by atoms with Gasteiger partial charge < -0.3 is 10.5 Å². The van der Waals surface area contributed by atoms with Crippen LogP contribution in [0.25, 0.3) is 0 Å². The first-order chi connectivity index (χ1) is 6.70. The fraction of sp³-hybridized carbons (Fsp3) is 0.600. The lowest BCUT2D eigenvalue weighted by Gasteiger charge is -2.25. The lowest BCUT2D eigenvalue weighted by atomic mass is 9.96. The van der Waals surface area contributed by atoms with Crippen molar-refractivity contribution in [1.29, 1.82) is 0 Å². The van der Waals surface area contributed by atoms with Gasteiger partial charge in [-0.05, 0) is 18.9 Å². The van der Waals surface area contributed by atoms with E-state index in [1.807, 2.05) is 0 Å². The van der Waals surface area contributed by atoms with Crippen molar-refractivity contribution in [2.75, 3.05) is 6.61 Å². The van der Waals surface area contributed by atoms with E-state index in [2.05, 4.69) is 24.0 Å². The van der Waals surface area contributed by atoms with Crippen molar-refractivity contribution in [2.45, 2.75) is 32.2 Å². The molecule has 0 bridgehead atoms. The minimum absolute atomic E-state index is 0.252. The molecule has 0 radical (unpaired) electrons. The third-order valence-electron chi connectivity index (χ3n) is 2.46. The standard InChI is InChI=1S/C10H17N3O/c1-3-10(11,4-2)8-14-9-6-5-7-12-13-9/h5-7H,3-4,8,11H2,1-2H3. The number of ether oxygens (including phenoxy) is 1. The van der Waals surface area contributed by atoms with Gasteiger partial charge in [-0.3, -0.25) is 0 Å². The molecule has 0 aromatic carbocycles. The Bertz CT molecular complexity index is 259. The molecule has 14 heavy (non-hydrogen) atoms. The Kier molecular flexibility index (Phi) is 3.83. The number of nitrogens with zero attached hydrogens (tertiary/aromatic N) is 2. The van der Waals surface area contributed by atoms with Crippen LogP contribution in [0.3, 0.4) is 0 Å². The first-order valence-electron chi connectivity index (χ1n) is 4.89. The number of rotatable bonds is 5. The van der Waals surface area contributed by atoms with Crippen molar-refractivity contribution in [3.63, 3.8) is 0 Å². The van der Waals surface area contributed by atoms with Crippen LogP contribution in [-0.4, -0.2) is 22.3 Å². The predicted octanol–water partition coefficient (Wildman–Crippen LogP) is 1.37. The van der Waals surface area contributed by atoms with Crippen LogP contribution in [0.2, 0.25) is 0 Å². The lowest BCUT2D eigenvalue weighted by molar-refractivity contribution is 0.199. The van der Waals surface area contributed by atoms with Crippen LogP contribution in [0.1, 0.15) is 26.7 Å². The summed E-state index contributed by atoms with van der Waals surface area (Å²) >= 11 is 0. The summed E-state index contributed by atoms with van der Waals surface area (Å²) in [5, 5.41) is 7.54. The van der Waals surface area contributed by atoms with Crippen LogP contribution >= 0.6 is 0 Å².